The summed E-state index contributed by atoms with van der Waals surface area (Å²) in [5, 5.41) is 11.6. The van der Waals surface area contributed by atoms with Crippen molar-refractivity contribution in [2.24, 2.45) is 7.05 Å². The fraction of sp³-hybridized carbons (Fsp3) is 0.500. The summed E-state index contributed by atoms with van der Waals surface area (Å²) in [5.74, 6) is 0.517. The summed E-state index contributed by atoms with van der Waals surface area (Å²) in [7, 11) is 1.82. The number of carbonyl (C=O) groups excluding carboxylic acids is 1. The molecule has 3 rings (SSSR count). The van der Waals surface area contributed by atoms with Crippen molar-refractivity contribution in [1.82, 2.24) is 25.1 Å². The van der Waals surface area contributed by atoms with Crippen molar-refractivity contribution in [1.29, 1.82) is 0 Å². The van der Waals surface area contributed by atoms with Gasteiger partial charge in [0.05, 0.1) is 6.04 Å². The van der Waals surface area contributed by atoms with Crippen LogP contribution >= 0.6 is 0 Å². The molecule has 1 aliphatic heterocycles. The Morgan fingerprint density at radius 3 is 2.78 bits per heavy atom. The average molecular weight is 317 g/mol. The van der Waals surface area contributed by atoms with E-state index < -0.39 is 0 Å². The van der Waals surface area contributed by atoms with Crippen LogP contribution in [0.15, 0.2) is 24.3 Å². The molecule has 2 atom stereocenters. The number of benzene rings is 1. The molecule has 0 radical (unpaired) electrons. The van der Waals surface area contributed by atoms with Crippen molar-refractivity contribution in [3.63, 3.8) is 0 Å². The molecule has 7 heteroatoms. The van der Waals surface area contributed by atoms with Gasteiger partial charge in [-0.25, -0.2) is 9.07 Å². The van der Waals surface area contributed by atoms with E-state index in [2.05, 4.69) is 27.3 Å². The van der Waals surface area contributed by atoms with Gasteiger partial charge in [-0.2, -0.15) is 0 Å². The smallest absolute Gasteiger partial charge is 0.167 e. The number of ketones is 1. The third-order valence-corrected chi connectivity index (χ3v) is 4.53. The molecule has 0 spiro atoms. The monoisotopic (exact) mass is 317 g/mol. The lowest BCUT2D eigenvalue weighted by atomic mass is 10.0. The Kier molecular flexibility index (Phi) is 4.47. The highest BCUT2D eigenvalue weighted by Gasteiger charge is 2.32. The number of hydrogen-bond acceptors (Lipinski definition) is 5. The second-order valence-electron chi connectivity index (χ2n) is 6.00. The van der Waals surface area contributed by atoms with Crippen LogP contribution in [-0.2, 0) is 7.05 Å². The summed E-state index contributed by atoms with van der Waals surface area (Å²) in [4.78, 5) is 14.7. The maximum Gasteiger partial charge on any atom is 0.167 e. The van der Waals surface area contributed by atoms with Gasteiger partial charge in [0.2, 0.25) is 0 Å². The zero-order valence-electron chi connectivity index (χ0n) is 13.3. The molecular weight excluding hydrogens is 297 g/mol. The molecule has 0 unspecified atom stereocenters. The van der Waals surface area contributed by atoms with Gasteiger partial charge in [-0.15, -0.1) is 5.10 Å². The van der Waals surface area contributed by atoms with E-state index in [9.17, 15) is 9.18 Å². The SMILES string of the molecule is C[C@H](c1nnnn1C)N1CCC[C@H]1CC(=O)c1ccc(F)cc1. The van der Waals surface area contributed by atoms with Crippen LogP contribution < -0.4 is 0 Å². The summed E-state index contributed by atoms with van der Waals surface area (Å²) in [6, 6.07) is 5.98. The third kappa shape index (κ3) is 3.29. The zero-order valence-corrected chi connectivity index (χ0v) is 13.3. The number of hydrogen-bond donors (Lipinski definition) is 0. The van der Waals surface area contributed by atoms with E-state index >= 15 is 0 Å². The molecule has 0 N–H and O–H groups in total. The number of carbonyl (C=O) groups is 1. The molecule has 23 heavy (non-hydrogen) atoms. The molecule has 0 saturated carbocycles. The van der Waals surface area contributed by atoms with Crippen molar-refractivity contribution in [3.8, 4) is 0 Å². The Morgan fingerprint density at radius 1 is 1.39 bits per heavy atom. The molecule has 2 aromatic rings. The number of rotatable bonds is 5. The van der Waals surface area contributed by atoms with Crippen molar-refractivity contribution in [3.05, 3.63) is 41.5 Å². The molecular formula is C16H20FN5O. The Bertz CT molecular complexity index is 684. The second-order valence-corrected chi connectivity index (χ2v) is 6.00. The fourth-order valence-electron chi connectivity index (χ4n) is 3.29. The van der Waals surface area contributed by atoms with E-state index in [1.54, 1.807) is 16.8 Å². The normalized spacial score (nSPS) is 19.9. The molecule has 1 aromatic carbocycles. The standard InChI is InChI=1S/C16H20FN5O/c1-11(16-18-19-20-21(16)2)22-9-3-4-14(22)10-15(23)12-5-7-13(17)8-6-12/h5-8,11,14H,3-4,9-10H2,1-2H3/t11-,14+/m1/s1. The molecule has 0 amide bonds. The number of nitrogens with zero attached hydrogens (tertiary/aromatic N) is 5. The molecule has 122 valence electrons. The number of Topliss-reactive ketones (excluding diaryl/α,β-unsaturated/α-hetero) is 1. The van der Waals surface area contributed by atoms with Crippen LogP contribution in [0.2, 0.25) is 0 Å². The predicted octanol–water partition coefficient (Wildman–Crippen LogP) is 2.15. The summed E-state index contributed by atoms with van der Waals surface area (Å²) < 4.78 is 14.6. The first-order valence-electron chi connectivity index (χ1n) is 7.83. The Morgan fingerprint density at radius 2 is 2.13 bits per heavy atom. The van der Waals surface area contributed by atoms with E-state index in [0.29, 0.717) is 12.0 Å². The van der Waals surface area contributed by atoms with Gasteiger partial charge in [0.15, 0.2) is 11.6 Å². The highest BCUT2D eigenvalue weighted by atomic mass is 19.1. The number of tetrazole rings is 1. The molecule has 6 nitrogen and oxygen atoms in total. The summed E-state index contributed by atoms with van der Waals surface area (Å²) in [5.41, 5.74) is 0.561. The van der Waals surface area contributed by atoms with Crippen LogP contribution in [0.3, 0.4) is 0 Å². The van der Waals surface area contributed by atoms with Crippen molar-refractivity contribution in [2.45, 2.75) is 38.3 Å². The minimum absolute atomic E-state index is 0.0465. The Labute approximate surface area is 134 Å². The quantitative estimate of drug-likeness (QED) is 0.791. The zero-order chi connectivity index (χ0) is 16.4. The molecule has 2 heterocycles. The second kappa shape index (κ2) is 6.54. The number of aromatic nitrogens is 4. The van der Waals surface area contributed by atoms with Crippen LogP contribution in [0.4, 0.5) is 4.39 Å². The Balaban J connectivity index is 1.70. The largest absolute Gasteiger partial charge is 0.294 e. The first-order chi connectivity index (χ1) is 11.1. The maximum absolute atomic E-state index is 13.0. The van der Waals surface area contributed by atoms with Crippen molar-refractivity contribution < 1.29 is 9.18 Å². The Hall–Kier alpha value is -2.15. The molecule has 1 saturated heterocycles. The average Bonchev–Trinajstić information content (AvgIpc) is 3.16. The van der Waals surface area contributed by atoms with Gasteiger partial charge in [-0.1, -0.05) is 0 Å². The minimum atomic E-state index is -0.326. The van der Waals surface area contributed by atoms with Crippen molar-refractivity contribution >= 4 is 5.78 Å². The van der Waals surface area contributed by atoms with Crippen molar-refractivity contribution in [2.75, 3.05) is 6.54 Å². The lowest BCUT2D eigenvalue weighted by Gasteiger charge is -2.29. The topological polar surface area (TPSA) is 63.9 Å². The van der Waals surface area contributed by atoms with Crippen LogP contribution in [0.5, 0.6) is 0 Å². The van der Waals surface area contributed by atoms with E-state index in [4.69, 9.17) is 0 Å². The minimum Gasteiger partial charge on any atom is -0.294 e. The van der Waals surface area contributed by atoms with Crippen LogP contribution in [-0.4, -0.2) is 43.5 Å². The van der Waals surface area contributed by atoms with Gasteiger partial charge < -0.3 is 0 Å². The molecule has 0 bridgehead atoms. The molecule has 1 aromatic heterocycles. The van der Waals surface area contributed by atoms with Gasteiger partial charge in [-0.3, -0.25) is 9.69 Å². The van der Waals surface area contributed by atoms with E-state index in [-0.39, 0.29) is 23.7 Å². The predicted molar refractivity (Wildman–Crippen MR) is 82.3 cm³/mol. The number of aryl methyl sites for hydroxylation is 1. The third-order valence-electron chi connectivity index (χ3n) is 4.53. The van der Waals surface area contributed by atoms with Crippen LogP contribution in [0.25, 0.3) is 0 Å². The lowest BCUT2D eigenvalue weighted by molar-refractivity contribution is 0.0917. The van der Waals surface area contributed by atoms with Gasteiger partial charge in [0.1, 0.15) is 5.82 Å². The first-order valence-corrected chi connectivity index (χ1v) is 7.83. The number of likely N-dealkylation sites (tertiary alicyclic amines) is 1. The van der Waals surface area contributed by atoms with Gasteiger partial charge >= 0.3 is 0 Å². The maximum atomic E-state index is 13.0. The highest BCUT2D eigenvalue weighted by molar-refractivity contribution is 5.96. The van der Waals surface area contributed by atoms with Gasteiger partial charge in [-0.05, 0) is 61.0 Å². The lowest BCUT2D eigenvalue weighted by Crippen LogP contribution is -2.35. The van der Waals surface area contributed by atoms with E-state index in [0.717, 1.165) is 25.2 Å². The van der Waals surface area contributed by atoms with E-state index in [1.807, 2.05) is 7.05 Å². The van der Waals surface area contributed by atoms with Gasteiger partial charge in [0.25, 0.3) is 0 Å². The summed E-state index contributed by atoms with van der Waals surface area (Å²) in [6.45, 7) is 2.99. The van der Waals surface area contributed by atoms with Crippen LogP contribution in [0.1, 0.15) is 48.4 Å². The molecule has 0 aliphatic carbocycles. The highest BCUT2D eigenvalue weighted by Crippen LogP contribution is 2.30. The summed E-state index contributed by atoms with van der Waals surface area (Å²) in [6.07, 6.45) is 2.46. The van der Waals surface area contributed by atoms with Crippen LogP contribution in [0, 0.1) is 5.82 Å². The van der Waals surface area contributed by atoms with Gasteiger partial charge in [0, 0.05) is 25.1 Å². The number of halogens is 1. The molecule has 1 fully saturated rings. The molecule has 1 aliphatic rings. The summed E-state index contributed by atoms with van der Waals surface area (Å²) >= 11 is 0. The first kappa shape index (κ1) is 15.7. The fourth-order valence-corrected chi connectivity index (χ4v) is 3.29. The van der Waals surface area contributed by atoms with E-state index in [1.165, 1.54) is 12.1 Å².